The largest absolute Gasteiger partial charge is 0.480 e. The van der Waals surface area contributed by atoms with Gasteiger partial charge in [-0.15, -0.1) is 0 Å². The van der Waals surface area contributed by atoms with Crippen molar-refractivity contribution < 1.29 is 47.8 Å². The molecule has 12 heteroatoms. The summed E-state index contributed by atoms with van der Waals surface area (Å²) in [5.74, 6) is -2.37. The van der Waals surface area contributed by atoms with Crippen molar-refractivity contribution >= 4 is 25.7 Å². The number of allylic oxidation sites excluding steroid dienone is 6. The van der Waals surface area contributed by atoms with Crippen LogP contribution in [-0.2, 0) is 32.7 Å². The number of ether oxygens (including phenoxy) is 1. The van der Waals surface area contributed by atoms with E-state index in [0.717, 1.165) is 51.4 Å². The van der Waals surface area contributed by atoms with Gasteiger partial charge in [0.05, 0.1) is 13.2 Å². The Balaban J connectivity index is 3.84. The minimum atomic E-state index is -4.76. The third-order valence-corrected chi connectivity index (χ3v) is 11.9. The summed E-state index contributed by atoms with van der Waals surface area (Å²) in [5.41, 5.74) is 0. The molecule has 362 valence electrons. The number of aliphatic hydroxyl groups excluding tert-OH is 1. The number of hydrogen-bond acceptors (Lipinski definition) is 8. The van der Waals surface area contributed by atoms with Crippen molar-refractivity contribution in [2.24, 2.45) is 0 Å². The smallest absolute Gasteiger partial charge is 0.472 e. The third kappa shape index (κ3) is 44.3. The Morgan fingerprint density at radius 3 is 1.35 bits per heavy atom. The molecule has 0 saturated carbocycles. The van der Waals surface area contributed by atoms with Crippen molar-refractivity contribution in [1.82, 2.24) is 5.32 Å². The van der Waals surface area contributed by atoms with E-state index in [2.05, 4.69) is 55.6 Å². The lowest BCUT2D eigenvalue weighted by Crippen LogP contribution is -2.43. The van der Waals surface area contributed by atoms with E-state index in [1.807, 2.05) is 0 Å². The Hall–Kier alpha value is -2.30. The van der Waals surface area contributed by atoms with Gasteiger partial charge in [-0.05, 0) is 70.6 Å². The average Bonchev–Trinajstić information content (AvgIpc) is 3.25. The fraction of sp³-hybridized carbons (Fsp3) is 0.820. The van der Waals surface area contributed by atoms with E-state index in [1.54, 1.807) is 0 Å². The number of rotatable bonds is 47. The molecule has 11 nitrogen and oxygen atoms in total. The van der Waals surface area contributed by atoms with Gasteiger partial charge in [0.25, 0.3) is 0 Å². The van der Waals surface area contributed by atoms with E-state index in [-0.39, 0.29) is 12.8 Å². The van der Waals surface area contributed by atoms with Gasteiger partial charge in [0.2, 0.25) is 5.91 Å². The Bertz CT molecular complexity index is 1190. The number of carboxylic acids is 1. The fourth-order valence-electron chi connectivity index (χ4n) is 6.99. The maximum atomic E-state index is 12.4. The second kappa shape index (κ2) is 45.3. The number of aliphatic hydroxyl groups is 1. The zero-order valence-electron chi connectivity index (χ0n) is 39.4. The number of phosphoric acid groups is 1. The number of carbonyl (C=O) groups excluding carboxylic acids is 2. The van der Waals surface area contributed by atoms with E-state index in [4.69, 9.17) is 13.8 Å². The number of carboxylic acid groups (broad SMARTS) is 1. The number of esters is 1. The number of nitrogens with one attached hydrogen (secondary N) is 1. The molecule has 0 aromatic carbocycles. The van der Waals surface area contributed by atoms with E-state index in [9.17, 15) is 34.1 Å². The summed E-state index contributed by atoms with van der Waals surface area (Å²) in [6, 6.07) is -1.55. The van der Waals surface area contributed by atoms with E-state index in [0.29, 0.717) is 12.8 Å². The molecular formula is C50H92NO10P. The summed E-state index contributed by atoms with van der Waals surface area (Å²) in [6.07, 6.45) is 50.2. The van der Waals surface area contributed by atoms with Gasteiger partial charge in [0, 0.05) is 12.8 Å². The van der Waals surface area contributed by atoms with Gasteiger partial charge < -0.3 is 25.2 Å². The molecule has 0 aliphatic carbocycles. The number of carbonyl (C=O) groups is 3. The second-order valence-electron chi connectivity index (χ2n) is 17.0. The quantitative estimate of drug-likeness (QED) is 0.0200. The molecule has 0 aliphatic heterocycles. The predicted octanol–water partition coefficient (Wildman–Crippen LogP) is 13.6. The maximum Gasteiger partial charge on any atom is 0.472 e. The highest BCUT2D eigenvalue weighted by Crippen LogP contribution is 2.43. The lowest BCUT2D eigenvalue weighted by atomic mass is 10.0. The highest BCUT2D eigenvalue weighted by molar-refractivity contribution is 7.47. The van der Waals surface area contributed by atoms with Gasteiger partial charge in [-0.3, -0.25) is 18.6 Å². The van der Waals surface area contributed by atoms with Gasteiger partial charge in [-0.25, -0.2) is 9.36 Å². The van der Waals surface area contributed by atoms with Crippen molar-refractivity contribution in [2.45, 2.75) is 244 Å². The van der Waals surface area contributed by atoms with Gasteiger partial charge in [-0.1, -0.05) is 185 Å². The van der Waals surface area contributed by atoms with Crippen molar-refractivity contribution in [3.05, 3.63) is 36.5 Å². The third-order valence-electron chi connectivity index (χ3n) is 10.9. The zero-order valence-corrected chi connectivity index (χ0v) is 40.3. The van der Waals surface area contributed by atoms with Crippen molar-refractivity contribution in [1.29, 1.82) is 0 Å². The Morgan fingerprint density at radius 1 is 0.516 bits per heavy atom. The number of hydrogen-bond donors (Lipinski definition) is 4. The van der Waals surface area contributed by atoms with Crippen molar-refractivity contribution in [3.8, 4) is 0 Å². The topological polar surface area (TPSA) is 169 Å². The molecule has 0 rings (SSSR count). The highest BCUT2D eigenvalue weighted by atomic mass is 31.2. The molecular weight excluding hydrogens is 806 g/mol. The standard InChI is InChI=1S/C50H92NO10P/c1-3-5-7-9-11-13-15-17-19-21-22-23-24-26-27-29-31-33-35-37-39-41-48(53)51-47(50(55)56)45-61-62(57,58)60-44-46(52)43-59-49(54)42-40-38-36-34-32-30-28-25-20-18-16-14-12-10-8-6-4-2/h11,13,17-20,46-47,52H,3-10,12,14-16,21-45H2,1-2H3,(H,51,53)(H,55,56)(H,57,58)/b13-11-,19-17-,20-18-. The molecule has 4 N–H and O–H groups in total. The first-order valence-corrected chi connectivity index (χ1v) is 26.5. The van der Waals surface area contributed by atoms with Crippen molar-refractivity contribution in [2.75, 3.05) is 19.8 Å². The molecule has 0 aromatic heterocycles. The molecule has 0 fully saturated rings. The summed E-state index contributed by atoms with van der Waals surface area (Å²) in [4.78, 5) is 46.1. The number of unbranched alkanes of at least 4 members (excludes halogenated alkanes) is 27. The van der Waals surface area contributed by atoms with Gasteiger partial charge in [0.1, 0.15) is 12.7 Å². The van der Waals surface area contributed by atoms with Crippen LogP contribution in [0.15, 0.2) is 36.5 Å². The maximum absolute atomic E-state index is 12.4. The summed E-state index contributed by atoms with van der Waals surface area (Å²) in [5, 5.41) is 21.9. The first kappa shape index (κ1) is 59.7. The molecule has 62 heavy (non-hydrogen) atoms. The predicted molar refractivity (Wildman–Crippen MR) is 254 cm³/mol. The molecule has 0 aromatic rings. The van der Waals surface area contributed by atoms with Crippen LogP contribution < -0.4 is 5.32 Å². The van der Waals surface area contributed by atoms with Crippen LogP contribution in [0.25, 0.3) is 0 Å². The molecule has 0 spiro atoms. The summed E-state index contributed by atoms with van der Waals surface area (Å²) in [7, 11) is -4.76. The molecule has 0 radical (unpaired) electrons. The van der Waals surface area contributed by atoms with Gasteiger partial charge in [-0.2, -0.15) is 0 Å². The van der Waals surface area contributed by atoms with Gasteiger partial charge >= 0.3 is 19.8 Å². The van der Waals surface area contributed by atoms with Crippen LogP contribution in [0.5, 0.6) is 0 Å². The number of phosphoric ester groups is 1. The lowest BCUT2D eigenvalue weighted by Gasteiger charge is -2.18. The van der Waals surface area contributed by atoms with E-state index in [1.165, 1.54) is 141 Å². The highest BCUT2D eigenvalue weighted by Gasteiger charge is 2.28. The minimum Gasteiger partial charge on any atom is -0.480 e. The molecule has 0 aliphatic rings. The molecule has 0 bridgehead atoms. The Morgan fingerprint density at radius 2 is 0.887 bits per heavy atom. The number of aliphatic carboxylic acids is 1. The Kier molecular flexibility index (Phi) is 43.6. The van der Waals surface area contributed by atoms with Crippen LogP contribution in [0.2, 0.25) is 0 Å². The number of amides is 1. The molecule has 1 amide bonds. The van der Waals surface area contributed by atoms with E-state index >= 15 is 0 Å². The first-order chi connectivity index (χ1) is 30.1. The zero-order chi connectivity index (χ0) is 45.6. The van der Waals surface area contributed by atoms with Crippen LogP contribution >= 0.6 is 7.82 Å². The first-order valence-electron chi connectivity index (χ1n) is 25.0. The fourth-order valence-corrected chi connectivity index (χ4v) is 7.76. The van der Waals surface area contributed by atoms with Crippen LogP contribution in [0.1, 0.15) is 232 Å². The van der Waals surface area contributed by atoms with Crippen LogP contribution in [0.4, 0.5) is 0 Å². The van der Waals surface area contributed by atoms with Crippen LogP contribution in [0, 0.1) is 0 Å². The molecule has 3 unspecified atom stereocenters. The molecule has 0 saturated heterocycles. The van der Waals surface area contributed by atoms with Crippen LogP contribution in [0.3, 0.4) is 0 Å². The van der Waals surface area contributed by atoms with E-state index < -0.39 is 57.6 Å². The Labute approximate surface area is 378 Å². The average molecular weight is 898 g/mol. The molecule has 3 atom stereocenters. The second-order valence-corrected chi connectivity index (χ2v) is 18.5. The summed E-state index contributed by atoms with van der Waals surface area (Å²) >= 11 is 0. The van der Waals surface area contributed by atoms with Crippen LogP contribution in [-0.4, -0.2) is 64.9 Å². The summed E-state index contributed by atoms with van der Waals surface area (Å²) in [6.45, 7) is 2.59. The lowest BCUT2D eigenvalue weighted by molar-refractivity contribution is -0.147. The molecule has 0 heterocycles. The van der Waals surface area contributed by atoms with Gasteiger partial charge in [0.15, 0.2) is 6.04 Å². The normalized spacial score (nSPS) is 13.9. The minimum absolute atomic E-state index is 0.143. The monoisotopic (exact) mass is 898 g/mol. The van der Waals surface area contributed by atoms with Crippen molar-refractivity contribution in [3.63, 3.8) is 0 Å². The summed E-state index contributed by atoms with van der Waals surface area (Å²) < 4.78 is 26.9. The SMILES string of the molecule is CCCCC/C=C\C/C=C\CCCCCCCCCCCCCC(=O)NC(COP(=O)(O)OCC(O)COC(=O)CCCCCCCCC/C=C\CCCCCCCC)C(=O)O.